The molecule has 2 aliphatic rings. The summed E-state index contributed by atoms with van der Waals surface area (Å²) in [5, 5.41) is 9.84. The zero-order valence-electron chi connectivity index (χ0n) is 15.4. The van der Waals surface area contributed by atoms with Gasteiger partial charge in [0.25, 0.3) is 5.56 Å². The third-order valence-corrected chi connectivity index (χ3v) is 5.39. The smallest absolute Gasteiger partial charge is 0.335 e. The lowest BCUT2D eigenvalue weighted by Gasteiger charge is -2.44. The van der Waals surface area contributed by atoms with Crippen molar-refractivity contribution in [2.24, 2.45) is 11.8 Å². The maximum absolute atomic E-state index is 12.3. The third-order valence-electron chi connectivity index (χ3n) is 5.39. The van der Waals surface area contributed by atoms with E-state index in [0.717, 1.165) is 0 Å². The normalized spacial score (nSPS) is 24.1. The van der Waals surface area contributed by atoms with Crippen molar-refractivity contribution in [2.75, 3.05) is 26.0 Å². The molecule has 0 radical (unpaired) electrons. The van der Waals surface area contributed by atoms with Crippen molar-refractivity contribution < 1.29 is 14.6 Å². The number of esters is 1. The van der Waals surface area contributed by atoms with E-state index in [1.165, 1.54) is 6.33 Å². The molecule has 1 aliphatic carbocycles. The molecule has 2 aromatic rings. The van der Waals surface area contributed by atoms with Crippen LogP contribution in [0.4, 0.5) is 5.95 Å². The van der Waals surface area contributed by atoms with E-state index in [2.05, 4.69) is 15.0 Å². The van der Waals surface area contributed by atoms with Crippen molar-refractivity contribution in [1.82, 2.24) is 24.4 Å². The summed E-state index contributed by atoms with van der Waals surface area (Å²) in [7, 11) is 1.85. The van der Waals surface area contributed by atoms with Gasteiger partial charge in [-0.3, -0.25) is 9.78 Å². The second kappa shape index (κ2) is 7.12. The summed E-state index contributed by atoms with van der Waals surface area (Å²) in [6, 6.07) is -0.0876. The molecule has 28 heavy (non-hydrogen) atoms. The van der Waals surface area contributed by atoms with Gasteiger partial charge in [0.2, 0.25) is 5.95 Å². The Labute approximate surface area is 160 Å². The van der Waals surface area contributed by atoms with E-state index in [1.54, 1.807) is 15.7 Å². The van der Waals surface area contributed by atoms with E-state index in [4.69, 9.17) is 10.5 Å². The number of aromatic nitrogens is 4. The quantitative estimate of drug-likeness (QED) is 0.617. The lowest BCUT2D eigenvalue weighted by atomic mass is 9.70. The van der Waals surface area contributed by atoms with Crippen LogP contribution in [0, 0.1) is 11.8 Å². The summed E-state index contributed by atoms with van der Waals surface area (Å²) in [5.41, 5.74) is 6.44. The molecule has 1 fully saturated rings. The Kier molecular flexibility index (Phi) is 4.63. The average Bonchev–Trinajstić information content (AvgIpc) is 3.04. The highest BCUT2D eigenvalue weighted by molar-refractivity contribution is 5.88. The number of allylic oxidation sites excluding steroid dienone is 1. The largest absolute Gasteiger partial charge is 0.462 e. The van der Waals surface area contributed by atoms with Gasteiger partial charge < -0.3 is 25.0 Å². The first-order valence-corrected chi connectivity index (χ1v) is 9.07. The van der Waals surface area contributed by atoms with E-state index in [0.29, 0.717) is 24.1 Å². The molecule has 3 atom stereocenters. The van der Waals surface area contributed by atoms with Gasteiger partial charge >= 0.3 is 5.97 Å². The number of rotatable bonds is 5. The Hall–Kier alpha value is -3.14. The maximum Gasteiger partial charge on any atom is 0.335 e. The number of nitrogens with two attached hydrogens (primary N) is 1. The number of anilines is 1. The Morgan fingerprint density at radius 1 is 1.50 bits per heavy atom. The van der Waals surface area contributed by atoms with Crippen LogP contribution in [0.5, 0.6) is 0 Å². The molecule has 3 heterocycles. The molecule has 0 amide bonds. The molecule has 1 saturated carbocycles. The monoisotopic (exact) mass is 386 g/mol. The molecule has 4 N–H and O–H groups in total. The fourth-order valence-electron chi connectivity index (χ4n) is 3.85. The minimum atomic E-state index is -0.397. The standard InChI is InChI=1S/C18H22N6O4/c1-23-4-2-3-10(6-23)17(27)28-8-11-5-13(12(11)7-25)24-9-20-14-15(24)21-18(19)22-16(14)26/h2,4,6,9,11-13,25H,3,5,7-8H2,1H3,(H3,19,21,22,26)/t11-,12+,13-/m1/s1. The molecule has 148 valence electrons. The van der Waals surface area contributed by atoms with E-state index in [1.807, 2.05) is 19.3 Å². The van der Waals surface area contributed by atoms with Crippen molar-refractivity contribution in [2.45, 2.75) is 18.9 Å². The second-order valence-electron chi connectivity index (χ2n) is 7.19. The fourth-order valence-corrected chi connectivity index (χ4v) is 3.85. The Morgan fingerprint density at radius 3 is 3.07 bits per heavy atom. The van der Waals surface area contributed by atoms with Gasteiger partial charge in [-0.25, -0.2) is 9.78 Å². The fraction of sp³-hybridized carbons (Fsp3) is 0.444. The summed E-state index contributed by atoms with van der Waals surface area (Å²) < 4.78 is 7.23. The van der Waals surface area contributed by atoms with Crippen LogP contribution in [-0.2, 0) is 9.53 Å². The first-order valence-electron chi connectivity index (χ1n) is 9.07. The number of aliphatic hydroxyl groups excluding tert-OH is 1. The number of nitrogen functional groups attached to an aromatic ring is 1. The number of aliphatic hydroxyl groups is 1. The molecular formula is C18H22N6O4. The summed E-state index contributed by atoms with van der Waals surface area (Å²) >= 11 is 0. The number of fused-ring (bicyclic) bond motifs is 1. The predicted octanol–water partition coefficient (Wildman–Crippen LogP) is 0.148. The van der Waals surface area contributed by atoms with Crippen LogP contribution < -0.4 is 11.3 Å². The molecule has 10 heteroatoms. The number of carbonyl (C=O) groups is 1. The molecule has 2 aromatic heterocycles. The molecular weight excluding hydrogens is 364 g/mol. The molecule has 1 aliphatic heterocycles. The van der Waals surface area contributed by atoms with Crippen LogP contribution in [0.3, 0.4) is 0 Å². The van der Waals surface area contributed by atoms with Crippen molar-refractivity contribution in [3.05, 3.63) is 40.7 Å². The molecule has 0 saturated heterocycles. The van der Waals surface area contributed by atoms with Crippen LogP contribution in [0.1, 0.15) is 18.9 Å². The Morgan fingerprint density at radius 2 is 2.32 bits per heavy atom. The maximum atomic E-state index is 12.3. The van der Waals surface area contributed by atoms with Crippen LogP contribution in [-0.4, -0.2) is 55.8 Å². The van der Waals surface area contributed by atoms with Gasteiger partial charge in [-0.2, -0.15) is 4.98 Å². The number of carbonyl (C=O) groups excluding carboxylic acids is 1. The summed E-state index contributed by atoms with van der Waals surface area (Å²) in [5.74, 6) is -0.432. The van der Waals surface area contributed by atoms with Gasteiger partial charge in [0.1, 0.15) is 0 Å². The number of H-pyrrole nitrogens is 1. The van der Waals surface area contributed by atoms with E-state index >= 15 is 0 Å². The molecule has 10 nitrogen and oxygen atoms in total. The van der Waals surface area contributed by atoms with E-state index in [-0.39, 0.29) is 48.5 Å². The predicted molar refractivity (Wildman–Crippen MR) is 101 cm³/mol. The van der Waals surface area contributed by atoms with Gasteiger partial charge in [0, 0.05) is 44.2 Å². The average molecular weight is 386 g/mol. The lowest BCUT2D eigenvalue weighted by Crippen LogP contribution is -2.43. The number of hydrogen-bond acceptors (Lipinski definition) is 8. The van der Waals surface area contributed by atoms with Crippen LogP contribution in [0.2, 0.25) is 0 Å². The highest BCUT2D eigenvalue weighted by atomic mass is 16.5. The summed E-state index contributed by atoms with van der Waals surface area (Å²) in [6.45, 7) is 0.160. The molecule has 0 spiro atoms. The molecule has 0 bridgehead atoms. The SMILES string of the molecule is CN1C=CCC(C(=O)OC[C@H]2C[C@@H](n3cnc4c(=O)[nH]c(N)nc43)[C@H]2CO)=C1. The topological polar surface area (TPSA) is 139 Å². The zero-order chi connectivity index (χ0) is 19.8. The number of ether oxygens (including phenoxy) is 1. The van der Waals surface area contributed by atoms with Gasteiger partial charge in [-0.05, 0) is 12.6 Å². The third kappa shape index (κ3) is 3.15. The summed E-state index contributed by atoms with van der Waals surface area (Å²) in [6.07, 6.45) is 8.30. The highest BCUT2D eigenvalue weighted by Gasteiger charge is 2.43. The Bertz CT molecular complexity index is 1020. The number of nitrogens with one attached hydrogen (secondary N) is 1. The van der Waals surface area contributed by atoms with Crippen molar-refractivity contribution >= 4 is 23.1 Å². The zero-order valence-corrected chi connectivity index (χ0v) is 15.4. The lowest BCUT2D eigenvalue weighted by molar-refractivity contribution is -0.144. The van der Waals surface area contributed by atoms with Gasteiger partial charge in [-0.1, -0.05) is 6.08 Å². The van der Waals surface area contributed by atoms with E-state index in [9.17, 15) is 14.7 Å². The Balaban J connectivity index is 1.44. The minimum absolute atomic E-state index is 0.0179. The first kappa shape index (κ1) is 18.2. The van der Waals surface area contributed by atoms with E-state index < -0.39 is 5.56 Å². The minimum Gasteiger partial charge on any atom is -0.462 e. The van der Waals surface area contributed by atoms with Gasteiger partial charge in [0.05, 0.1) is 18.5 Å². The van der Waals surface area contributed by atoms with Crippen molar-refractivity contribution in [3.8, 4) is 0 Å². The van der Waals surface area contributed by atoms with Crippen LogP contribution >= 0.6 is 0 Å². The molecule has 0 unspecified atom stereocenters. The number of imidazole rings is 1. The van der Waals surface area contributed by atoms with Crippen LogP contribution in [0.25, 0.3) is 11.2 Å². The van der Waals surface area contributed by atoms with Crippen molar-refractivity contribution in [1.29, 1.82) is 0 Å². The number of aromatic amines is 1. The van der Waals surface area contributed by atoms with Crippen LogP contribution in [0.15, 0.2) is 35.2 Å². The molecule has 0 aromatic carbocycles. The molecule has 4 rings (SSSR count). The van der Waals surface area contributed by atoms with Gasteiger partial charge in [-0.15, -0.1) is 0 Å². The highest BCUT2D eigenvalue weighted by Crippen LogP contribution is 2.44. The number of nitrogens with zero attached hydrogens (tertiary/aromatic N) is 4. The first-order chi connectivity index (χ1) is 13.5. The second-order valence-corrected chi connectivity index (χ2v) is 7.19. The van der Waals surface area contributed by atoms with Crippen molar-refractivity contribution in [3.63, 3.8) is 0 Å². The number of hydrogen-bond donors (Lipinski definition) is 3. The summed E-state index contributed by atoms with van der Waals surface area (Å²) in [4.78, 5) is 36.7. The van der Waals surface area contributed by atoms with Gasteiger partial charge in [0.15, 0.2) is 11.2 Å².